The normalized spacial score (nSPS) is 24.0. The lowest BCUT2D eigenvalue weighted by atomic mass is 9.94. The maximum atomic E-state index is 12.3. The number of piperidine rings is 1. The number of anilines is 1. The molecule has 1 saturated heterocycles. The summed E-state index contributed by atoms with van der Waals surface area (Å²) in [6, 6.07) is 7.97. The van der Waals surface area contributed by atoms with Gasteiger partial charge in [-0.15, -0.1) is 0 Å². The zero-order valence-electron chi connectivity index (χ0n) is 11.2. The van der Waals surface area contributed by atoms with Gasteiger partial charge in [0.1, 0.15) is 0 Å². The third-order valence-corrected chi connectivity index (χ3v) is 3.74. The quantitative estimate of drug-likeness (QED) is 0.815. The number of nitrogens with zero attached hydrogens (tertiary/aromatic N) is 1. The van der Waals surface area contributed by atoms with Crippen LogP contribution in [0.4, 0.5) is 5.69 Å². The van der Waals surface area contributed by atoms with Crippen molar-refractivity contribution in [3.05, 3.63) is 29.8 Å². The highest BCUT2D eigenvalue weighted by Crippen LogP contribution is 2.22. The molecule has 0 spiro atoms. The van der Waals surface area contributed by atoms with Crippen LogP contribution >= 0.6 is 0 Å². The summed E-state index contributed by atoms with van der Waals surface area (Å²) in [5.41, 5.74) is 7.46. The summed E-state index contributed by atoms with van der Waals surface area (Å²) in [5.74, 6) is 0.839. The van der Waals surface area contributed by atoms with Crippen LogP contribution in [0.15, 0.2) is 24.3 Å². The number of likely N-dealkylation sites (tertiary alicyclic amines) is 1. The molecule has 1 aliphatic heterocycles. The summed E-state index contributed by atoms with van der Waals surface area (Å²) in [6.45, 7) is 5.25. The lowest BCUT2D eigenvalue weighted by Crippen LogP contribution is -2.45. The van der Waals surface area contributed by atoms with E-state index in [0.717, 1.165) is 24.2 Å². The van der Waals surface area contributed by atoms with Gasteiger partial charge in [-0.05, 0) is 43.4 Å². The van der Waals surface area contributed by atoms with E-state index in [9.17, 15) is 4.79 Å². The van der Waals surface area contributed by atoms with Crippen molar-refractivity contribution in [2.45, 2.75) is 39.2 Å². The number of carbonyl (C=O) groups excluding carboxylic acids is 1. The monoisotopic (exact) mass is 246 g/mol. The molecule has 0 saturated carbocycles. The van der Waals surface area contributed by atoms with E-state index in [1.54, 1.807) is 0 Å². The van der Waals surface area contributed by atoms with E-state index in [4.69, 9.17) is 5.73 Å². The first-order valence-electron chi connectivity index (χ1n) is 6.70. The number of carbonyl (C=O) groups is 1. The first-order valence-corrected chi connectivity index (χ1v) is 6.70. The van der Waals surface area contributed by atoms with Gasteiger partial charge < -0.3 is 10.6 Å². The number of nitrogen functional groups attached to an aromatic ring is 1. The molecule has 98 valence electrons. The Labute approximate surface area is 109 Å². The third-order valence-electron chi connectivity index (χ3n) is 3.74. The highest BCUT2D eigenvalue weighted by atomic mass is 16.2. The largest absolute Gasteiger partial charge is 0.399 e. The van der Waals surface area contributed by atoms with Crippen molar-refractivity contribution >= 4 is 11.6 Å². The first kappa shape index (κ1) is 12.9. The molecule has 0 aliphatic carbocycles. The molecule has 1 heterocycles. The topological polar surface area (TPSA) is 46.3 Å². The molecule has 2 N–H and O–H groups in total. The smallest absolute Gasteiger partial charge is 0.227 e. The molecule has 3 heteroatoms. The molecule has 1 aliphatic rings. The van der Waals surface area contributed by atoms with Gasteiger partial charge in [-0.2, -0.15) is 0 Å². The molecule has 0 bridgehead atoms. The Kier molecular flexibility index (Phi) is 3.90. The van der Waals surface area contributed by atoms with Gasteiger partial charge in [-0.3, -0.25) is 4.79 Å². The van der Waals surface area contributed by atoms with Gasteiger partial charge in [0.05, 0.1) is 6.42 Å². The molecule has 1 fully saturated rings. The summed E-state index contributed by atoms with van der Waals surface area (Å²) in [4.78, 5) is 14.3. The van der Waals surface area contributed by atoms with Crippen molar-refractivity contribution in [3.63, 3.8) is 0 Å². The second kappa shape index (κ2) is 5.42. The van der Waals surface area contributed by atoms with Crippen LogP contribution in [0.25, 0.3) is 0 Å². The van der Waals surface area contributed by atoms with Crippen LogP contribution in [0.5, 0.6) is 0 Å². The van der Waals surface area contributed by atoms with Crippen LogP contribution in [0.2, 0.25) is 0 Å². The van der Waals surface area contributed by atoms with Crippen LogP contribution in [0.1, 0.15) is 32.3 Å². The number of nitrogens with two attached hydrogens (primary N) is 1. The van der Waals surface area contributed by atoms with E-state index < -0.39 is 0 Å². The molecule has 2 atom stereocenters. The fraction of sp³-hybridized carbons (Fsp3) is 0.533. The lowest BCUT2D eigenvalue weighted by molar-refractivity contribution is -0.134. The van der Waals surface area contributed by atoms with E-state index in [2.05, 4.69) is 13.8 Å². The Morgan fingerprint density at radius 1 is 1.39 bits per heavy atom. The molecule has 1 aromatic carbocycles. The third kappa shape index (κ3) is 3.03. The molecular weight excluding hydrogens is 224 g/mol. The Hall–Kier alpha value is -1.51. The summed E-state index contributed by atoms with van der Waals surface area (Å²) >= 11 is 0. The molecular formula is C15H22N2O. The molecule has 1 amide bonds. The van der Waals surface area contributed by atoms with Crippen molar-refractivity contribution in [3.8, 4) is 0 Å². The van der Waals surface area contributed by atoms with E-state index in [-0.39, 0.29) is 5.91 Å². The van der Waals surface area contributed by atoms with E-state index in [0.29, 0.717) is 18.4 Å². The van der Waals surface area contributed by atoms with Gasteiger partial charge >= 0.3 is 0 Å². The van der Waals surface area contributed by atoms with Crippen molar-refractivity contribution in [1.82, 2.24) is 4.90 Å². The van der Waals surface area contributed by atoms with E-state index in [1.165, 1.54) is 6.42 Å². The van der Waals surface area contributed by atoms with Gasteiger partial charge in [-0.25, -0.2) is 0 Å². The van der Waals surface area contributed by atoms with Gasteiger partial charge in [0.2, 0.25) is 5.91 Å². The van der Waals surface area contributed by atoms with Crippen molar-refractivity contribution < 1.29 is 4.79 Å². The highest BCUT2D eigenvalue weighted by Gasteiger charge is 2.26. The standard InChI is InChI=1S/C15H22N2O/c1-11-6-7-12(2)17(10-11)15(18)9-13-4-3-5-14(16)8-13/h3-5,8,11-12H,6-7,9-10,16H2,1-2H3. The lowest BCUT2D eigenvalue weighted by Gasteiger charge is -2.37. The molecule has 0 aromatic heterocycles. The minimum atomic E-state index is 0.222. The zero-order chi connectivity index (χ0) is 13.1. The first-order chi connectivity index (χ1) is 8.56. The van der Waals surface area contributed by atoms with Crippen LogP contribution in [0.3, 0.4) is 0 Å². The molecule has 2 unspecified atom stereocenters. The number of amides is 1. The van der Waals surface area contributed by atoms with Crippen LogP contribution < -0.4 is 5.73 Å². The number of hydrogen-bond acceptors (Lipinski definition) is 2. The van der Waals surface area contributed by atoms with Crippen molar-refractivity contribution in [1.29, 1.82) is 0 Å². The number of hydrogen-bond donors (Lipinski definition) is 1. The summed E-state index contributed by atoms with van der Waals surface area (Å²) in [7, 11) is 0. The second-order valence-electron chi connectivity index (χ2n) is 5.50. The van der Waals surface area contributed by atoms with Crippen LogP contribution in [-0.4, -0.2) is 23.4 Å². The van der Waals surface area contributed by atoms with Crippen molar-refractivity contribution in [2.75, 3.05) is 12.3 Å². The van der Waals surface area contributed by atoms with Gasteiger partial charge in [-0.1, -0.05) is 19.1 Å². The fourth-order valence-electron chi connectivity index (χ4n) is 2.62. The molecule has 0 radical (unpaired) electrons. The zero-order valence-corrected chi connectivity index (χ0v) is 11.2. The van der Waals surface area contributed by atoms with Gasteiger partial charge in [0.15, 0.2) is 0 Å². The summed E-state index contributed by atoms with van der Waals surface area (Å²) in [6.07, 6.45) is 2.80. The van der Waals surface area contributed by atoms with Gasteiger partial charge in [0.25, 0.3) is 0 Å². The van der Waals surface area contributed by atoms with E-state index >= 15 is 0 Å². The average Bonchev–Trinajstić information content (AvgIpc) is 2.32. The fourth-order valence-corrected chi connectivity index (χ4v) is 2.62. The summed E-state index contributed by atoms with van der Waals surface area (Å²) < 4.78 is 0. The van der Waals surface area contributed by atoms with Gasteiger partial charge in [0, 0.05) is 18.3 Å². The predicted octanol–water partition coefficient (Wildman–Crippen LogP) is 2.46. The Balaban J connectivity index is 2.02. The van der Waals surface area contributed by atoms with E-state index in [1.807, 2.05) is 29.2 Å². The maximum Gasteiger partial charge on any atom is 0.227 e. The Morgan fingerprint density at radius 3 is 2.89 bits per heavy atom. The summed E-state index contributed by atoms with van der Waals surface area (Å²) in [5, 5.41) is 0. The molecule has 1 aromatic rings. The molecule has 2 rings (SSSR count). The van der Waals surface area contributed by atoms with Crippen LogP contribution in [0, 0.1) is 5.92 Å². The molecule has 3 nitrogen and oxygen atoms in total. The second-order valence-corrected chi connectivity index (χ2v) is 5.50. The van der Waals surface area contributed by atoms with Crippen molar-refractivity contribution in [2.24, 2.45) is 5.92 Å². The highest BCUT2D eigenvalue weighted by molar-refractivity contribution is 5.79. The minimum Gasteiger partial charge on any atom is -0.399 e. The number of rotatable bonds is 2. The average molecular weight is 246 g/mol. The minimum absolute atomic E-state index is 0.222. The molecule has 18 heavy (non-hydrogen) atoms. The maximum absolute atomic E-state index is 12.3. The van der Waals surface area contributed by atoms with Crippen LogP contribution in [-0.2, 0) is 11.2 Å². The predicted molar refractivity (Wildman–Crippen MR) is 74.1 cm³/mol. The number of benzene rings is 1. The SMILES string of the molecule is CC1CCC(C)N(C(=O)Cc2cccc(N)c2)C1. The Bertz CT molecular complexity index is 430. The Morgan fingerprint density at radius 2 is 2.17 bits per heavy atom.